The van der Waals surface area contributed by atoms with E-state index in [9.17, 15) is 27.6 Å². The van der Waals surface area contributed by atoms with E-state index in [0.29, 0.717) is 17.7 Å². The number of hydrazone groups is 1. The Morgan fingerprint density at radius 2 is 1.90 bits per heavy atom. The summed E-state index contributed by atoms with van der Waals surface area (Å²) in [5, 5.41) is 12.8. The van der Waals surface area contributed by atoms with E-state index in [-0.39, 0.29) is 17.2 Å². The van der Waals surface area contributed by atoms with Crippen LogP contribution in [0.25, 0.3) is 11.3 Å². The molecule has 0 aliphatic carbocycles. The Balaban J connectivity index is 1.90. The summed E-state index contributed by atoms with van der Waals surface area (Å²) in [5.74, 6) is -2.54. The smallest absolute Gasteiger partial charge is 0.270 e. The summed E-state index contributed by atoms with van der Waals surface area (Å²) < 4.78 is 52.6. The molecule has 0 bridgehead atoms. The van der Waals surface area contributed by atoms with Crippen LogP contribution < -0.4 is 11.0 Å². The molecule has 0 unspecified atom stereocenters. The van der Waals surface area contributed by atoms with Crippen molar-refractivity contribution in [2.24, 2.45) is 5.10 Å². The fourth-order valence-corrected chi connectivity index (χ4v) is 2.44. The normalized spacial score (nSPS) is 11.0. The van der Waals surface area contributed by atoms with Crippen LogP contribution in [0.4, 0.5) is 23.5 Å². The van der Waals surface area contributed by atoms with Crippen molar-refractivity contribution in [3.63, 3.8) is 0 Å². The lowest BCUT2D eigenvalue weighted by molar-refractivity contribution is 0.146. The molecule has 0 saturated carbocycles. The first-order valence-corrected chi connectivity index (χ1v) is 8.06. The second-order valence-electron chi connectivity index (χ2n) is 5.68. The number of alkyl halides is 2. The van der Waals surface area contributed by atoms with Gasteiger partial charge >= 0.3 is 0 Å². The number of nitrogens with one attached hydrogen (secondary N) is 2. The van der Waals surface area contributed by atoms with Crippen molar-refractivity contribution in [2.75, 3.05) is 5.43 Å². The van der Waals surface area contributed by atoms with Crippen LogP contribution in [0.3, 0.4) is 0 Å². The van der Waals surface area contributed by atoms with Crippen molar-refractivity contribution in [1.82, 2.24) is 9.97 Å². The predicted octanol–water partition coefficient (Wildman–Crippen LogP) is 3.97. The van der Waals surface area contributed by atoms with Gasteiger partial charge in [0.25, 0.3) is 12.0 Å². The maximum atomic E-state index is 13.8. The van der Waals surface area contributed by atoms with Crippen LogP contribution in [0.2, 0.25) is 0 Å². The number of aromatic amines is 1. The van der Waals surface area contributed by atoms with Crippen LogP contribution in [0, 0.1) is 23.0 Å². The van der Waals surface area contributed by atoms with E-state index in [2.05, 4.69) is 20.5 Å². The Morgan fingerprint density at radius 3 is 2.55 bits per heavy atom. The highest BCUT2D eigenvalue weighted by molar-refractivity contribution is 5.80. The highest BCUT2D eigenvalue weighted by Gasteiger charge is 2.17. The van der Waals surface area contributed by atoms with E-state index in [1.807, 2.05) is 0 Å². The fraction of sp³-hybridized carbons (Fsp3) is 0.0526. The Bertz CT molecular complexity index is 1170. The van der Waals surface area contributed by atoms with Crippen LogP contribution >= 0.6 is 0 Å². The molecule has 146 valence electrons. The number of nitriles is 1. The zero-order valence-corrected chi connectivity index (χ0v) is 14.5. The number of hydrogen-bond acceptors (Lipinski definition) is 5. The first-order valence-electron chi connectivity index (χ1n) is 8.06. The third-order valence-electron chi connectivity index (χ3n) is 3.80. The Kier molecular flexibility index (Phi) is 5.69. The van der Waals surface area contributed by atoms with Crippen LogP contribution in [-0.4, -0.2) is 16.2 Å². The van der Waals surface area contributed by atoms with Crippen molar-refractivity contribution in [1.29, 1.82) is 5.26 Å². The van der Waals surface area contributed by atoms with Gasteiger partial charge in [-0.2, -0.15) is 10.4 Å². The molecule has 29 heavy (non-hydrogen) atoms. The standard InChI is InChI=1S/C19H11F4N5O/c20-14-7-12(17(22)23)15(21)6-11(14)9-25-28-19-26-16(10-4-2-1-3-5-10)13(8-24)18(29)27-19/h1-7,9,17H,(H2,26,27,28,29). The van der Waals surface area contributed by atoms with Gasteiger partial charge in [-0.25, -0.2) is 28.0 Å². The van der Waals surface area contributed by atoms with Crippen molar-refractivity contribution >= 4 is 12.2 Å². The number of anilines is 1. The minimum absolute atomic E-state index is 0.105. The largest absolute Gasteiger partial charge is 0.290 e. The number of nitrogens with zero attached hydrogens (tertiary/aromatic N) is 3. The average molecular weight is 401 g/mol. The number of aromatic nitrogens is 2. The lowest BCUT2D eigenvalue weighted by atomic mass is 10.1. The van der Waals surface area contributed by atoms with E-state index >= 15 is 0 Å². The number of H-pyrrole nitrogens is 1. The second-order valence-corrected chi connectivity index (χ2v) is 5.68. The lowest BCUT2D eigenvalue weighted by Gasteiger charge is -2.06. The minimum Gasteiger partial charge on any atom is -0.290 e. The summed E-state index contributed by atoms with van der Waals surface area (Å²) in [6.07, 6.45) is -2.31. The molecule has 0 aliphatic rings. The van der Waals surface area contributed by atoms with E-state index in [4.69, 9.17) is 0 Å². The third kappa shape index (κ3) is 4.30. The molecule has 0 saturated heterocycles. The van der Waals surface area contributed by atoms with Crippen LogP contribution in [0.5, 0.6) is 0 Å². The Labute approximate surface area is 161 Å². The highest BCUT2D eigenvalue weighted by Crippen LogP contribution is 2.24. The number of halogens is 4. The predicted molar refractivity (Wildman–Crippen MR) is 97.5 cm³/mol. The molecule has 0 atom stereocenters. The molecule has 2 aromatic carbocycles. The molecule has 0 spiro atoms. The zero-order chi connectivity index (χ0) is 21.0. The van der Waals surface area contributed by atoms with Gasteiger partial charge in [0.1, 0.15) is 23.3 Å². The van der Waals surface area contributed by atoms with Crippen LogP contribution in [0.1, 0.15) is 23.1 Å². The Hall–Kier alpha value is -4.00. The van der Waals surface area contributed by atoms with Crippen molar-refractivity contribution in [2.45, 2.75) is 6.43 Å². The molecular formula is C19H11F4N5O. The molecule has 1 heterocycles. The highest BCUT2D eigenvalue weighted by atomic mass is 19.3. The summed E-state index contributed by atoms with van der Waals surface area (Å²) in [6, 6.07) is 11.2. The van der Waals surface area contributed by atoms with E-state index < -0.39 is 34.7 Å². The molecular weight excluding hydrogens is 390 g/mol. The molecule has 1 aromatic heterocycles. The minimum atomic E-state index is -3.15. The van der Waals surface area contributed by atoms with Gasteiger partial charge in [0.2, 0.25) is 5.95 Å². The quantitative estimate of drug-likeness (QED) is 0.384. The molecule has 6 nitrogen and oxygen atoms in total. The van der Waals surface area contributed by atoms with Gasteiger partial charge < -0.3 is 0 Å². The molecule has 0 fully saturated rings. The number of hydrogen-bond donors (Lipinski definition) is 2. The molecule has 2 N–H and O–H groups in total. The van der Waals surface area contributed by atoms with Gasteiger partial charge in [-0.05, 0) is 12.1 Å². The van der Waals surface area contributed by atoms with Gasteiger partial charge in [-0.15, -0.1) is 0 Å². The van der Waals surface area contributed by atoms with E-state index in [0.717, 1.165) is 6.21 Å². The summed E-state index contributed by atoms with van der Waals surface area (Å²) >= 11 is 0. The molecule has 0 aliphatic heterocycles. The summed E-state index contributed by atoms with van der Waals surface area (Å²) in [6.45, 7) is 0. The van der Waals surface area contributed by atoms with Gasteiger partial charge in [0.15, 0.2) is 0 Å². The number of rotatable bonds is 5. The maximum Gasteiger partial charge on any atom is 0.270 e. The third-order valence-corrected chi connectivity index (χ3v) is 3.80. The van der Waals surface area contributed by atoms with Crippen molar-refractivity contribution < 1.29 is 17.6 Å². The van der Waals surface area contributed by atoms with Crippen LogP contribution in [0.15, 0.2) is 52.4 Å². The SMILES string of the molecule is N#Cc1c(-c2ccccc2)nc(NN=Cc2cc(F)c(C(F)F)cc2F)[nH]c1=O. The first kappa shape index (κ1) is 19.8. The Morgan fingerprint density at radius 1 is 1.17 bits per heavy atom. The van der Waals surface area contributed by atoms with Gasteiger partial charge in [0.05, 0.1) is 17.5 Å². The second kappa shape index (κ2) is 8.35. The zero-order valence-electron chi connectivity index (χ0n) is 14.5. The summed E-state index contributed by atoms with van der Waals surface area (Å²) in [5.41, 5.74) is 0.573. The lowest BCUT2D eigenvalue weighted by Crippen LogP contribution is -2.16. The monoisotopic (exact) mass is 401 g/mol. The molecule has 3 rings (SSSR count). The summed E-state index contributed by atoms with van der Waals surface area (Å²) in [7, 11) is 0. The molecule has 0 amide bonds. The first-order chi connectivity index (χ1) is 13.9. The van der Waals surface area contributed by atoms with Crippen LogP contribution in [-0.2, 0) is 0 Å². The van der Waals surface area contributed by atoms with Crippen molar-refractivity contribution in [3.8, 4) is 17.3 Å². The maximum absolute atomic E-state index is 13.8. The number of benzene rings is 2. The van der Waals surface area contributed by atoms with E-state index in [1.54, 1.807) is 36.4 Å². The summed E-state index contributed by atoms with van der Waals surface area (Å²) in [4.78, 5) is 18.5. The van der Waals surface area contributed by atoms with E-state index in [1.165, 1.54) is 0 Å². The average Bonchev–Trinajstić information content (AvgIpc) is 2.70. The topological polar surface area (TPSA) is 93.9 Å². The molecule has 3 aromatic rings. The van der Waals surface area contributed by atoms with Gasteiger partial charge in [-0.3, -0.25) is 9.78 Å². The van der Waals surface area contributed by atoms with Gasteiger partial charge in [-0.1, -0.05) is 30.3 Å². The van der Waals surface area contributed by atoms with Crippen molar-refractivity contribution in [3.05, 3.63) is 81.1 Å². The molecule has 0 radical (unpaired) electrons. The van der Waals surface area contributed by atoms with Gasteiger partial charge in [0, 0.05) is 11.1 Å². The fourth-order valence-electron chi connectivity index (χ4n) is 2.44. The molecule has 10 heteroatoms.